The van der Waals surface area contributed by atoms with Gasteiger partial charge in [0.25, 0.3) is 0 Å². The van der Waals surface area contributed by atoms with Gasteiger partial charge in [0, 0.05) is 31.7 Å². The Labute approximate surface area is 162 Å². The third-order valence-electron chi connectivity index (χ3n) is 3.63. The number of aromatic nitrogens is 3. The van der Waals surface area contributed by atoms with E-state index in [1.165, 1.54) is 0 Å². The SMILES string of the molecule is CCc1nncn1CCNC(=NCC1CCCO1)NC(C)(C)C.I. The molecule has 8 heteroatoms. The highest BCUT2D eigenvalue weighted by molar-refractivity contribution is 14.0. The van der Waals surface area contributed by atoms with Gasteiger partial charge in [-0.15, -0.1) is 34.2 Å². The van der Waals surface area contributed by atoms with E-state index in [0.29, 0.717) is 6.54 Å². The quantitative estimate of drug-likeness (QED) is 0.394. The Balaban J connectivity index is 0.00000288. The van der Waals surface area contributed by atoms with E-state index < -0.39 is 0 Å². The summed E-state index contributed by atoms with van der Waals surface area (Å²) in [6.07, 6.45) is 5.18. The number of aryl methyl sites for hydroxylation is 1. The van der Waals surface area contributed by atoms with Gasteiger partial charge in [-0.2, -0.15) is 0 Å². The van der Waals surface area contributed by atoms with Gasteiger partial charge in [-0.3, -0.25) is 4.99 Å². The van der Waals surface area contributed by atoms with Crippen molar-refractivity contribution >= 4 is 29.9 Å². The average Bonchev–Trinajstić information content (AvgIpc) is 3.14. The Bertz CT molecular complexity index is 505. The molecule has 1 atom stereocenters. The molecule has 7 nitrogen and oxygen atoms in total. The van der Waals surface area contributed by atoms with Crippen molar-refractivity contribution in [2.24, 2.45) is 4.99 Å². The molecule has 0 saturated carbocycles. The van der Waals surface area contributed by atoms with Gasteiger partial charge in [-0.1, -0.05) is 6.92 Å². The van der Waals surface area contributed by atoms with E-state index in [4.69, 9.17) is 4.74 Å². The van der Waals surface area contributed by atoms with Gasteiger partial charge in [0.2, 0.25) is 0 Å². The molecule has 1 aliphatic rings. The Kier molecular flexibility index (Phi) is 8.96. The topological polar surface area (TPSA) is 76.4 Å². The maximum absolute atomic E-state index is 5.64. The van der Waals surface area contributed by atoms with Gasteiger partial charge >= 0.3 is 0 Å². The largest absolute Gasteiger partial charge is 0.376 e. The number of hydrogen-bond acceptors (Lipinski definition) is 4. The van der Waals surface area contributed by atoms with Gasteiger partial charge in [0.15, 0.2) is 5.96 Å². The smallest absolute Gasteiger partial charge is 0.191 e. The van der Waals surface area contributed by atoms with Crippen molar-refractivity contribution in [3.05, 3.63) is 12.2 Å². The van der Waals surface area contributed by atoms with Crippen LogP contribution in [0.15, 0.2) is 11.3 Å². The second-order valence-corrected chi connectivity index (χ2v) is 6.92. The molecule has 1 saturated heterocycles. The highest BCUT2D eigenvalue weighted by Crippen LogP contribution is 2.11. The minimum Gasteiger partial charge on any atom is -0.376 e. The number of halogens is 1. The number of rotatable bonds is 6. The molecule has 0 amide bonds. The Morgan fingerprint density at radius 3 is 2.88 bits per heavy atom. The minimum absolute atomic E-state index is 0. The number of guanidine groups is 1. The average molecular weight is 450 g/mol. The Hall–Kier alpha value is -0.900. The maximum Gasteiger partial charge on any atom is 0.191 e. The van der Waals surface area contributed by atoms with Crippen LogP contribution in [0.1, 0.15) is 46.4 Å². The Morgan fingerprint density at radius 2 is 2.25 bits per heavy atom. The normalized spacial score (nSPS) is 18.3. The molecule has 2 rings (SSSR count). The zero-order valence-electron chi connectivity index (χ0n) is 15.2. The molecule has 24 heavy (non-hydrogen) atoms. The summed E-state index contributed by atoms with van der Waals surface area (Å²) >= 11 is 0. The van der Waals surface area contributed by atoms with Crippen LogP contribution < -0.4 is 10.6 Å². The molecule has 1 unspecified atom stereocenters. The van der Waals surface area contributed by atoms with Crippen LogP contribution in [0.5, 0.6) is 0 Å². The fraction of sp³-hybridized carbons (Fsp3) is 0.812. The third kappa shape index (κ3) is 7.33. The van der Waals surface area contributed by atoms with Gasteiger partial charge in [-0.25, -0.2) is 0 Å². The van der Waals surface area contributed by atoms with Crippen molar-refractivity contribution in [3.63, 3.8) is 0 Å². The van der Waals surface area contributed by atoms with Crippen LogP contribution in [0.3, 0.4) is 0 Å². The molecular weight excluding hydrogens is 419 g/mol. The number of ether oxygens (including phenoxy) is 1. The number of nitrogens with zero attached hydrogens (tertiary/aromatic N) is 4. The molecular formula is C16H31IN6O. The van der Waals surface area contributed by atoms with Crippen molar-refractivity contribution in [2.75, 3.05) is 19.7 Å². The van der Waals surface area contributed by atoms with Crippen LogP contribution in [0, 0.1) is 0 Å². The molecule has 1 aromatic heterocycles. The van der Waals surface area contributed by atoms with E-state index in [0.717, 1.165) is 50.7 Å². The fourth-order valence-corrected chi connectivity index (χ4v) is 2.51. The van der Waals surface area contributed by atoms with Crippen molar-refractivity contribution in [2.45, 2.75) is 65.1 Å². The summed E-state index contributed by atoms with van der Waals surface area (Å²) in [6.45, 7) is 11.6. The van der Waals surface area contributed by atoms with E-state index in [9.17, 15) is 0 Å². The zero-order chi connectivity index (χ0) is 16.7. The van der Waals surface area contributed by atoms with Crippen LogP contribution >= 0.6 is 24.0 Å². The second-order valence-electron chi connectivity index (χ2n) is 6.92. The highest BCUT2D eigenvalue weighted by atomic mass is 127. The molecule has 0 spiro atoms. The lowest BCUT2D eigenvalue weighted by Crippen LogP contribution is -2.48. The van der Waals surface area contributed by atoms with Gasteiger partial charge in [-0.05, 0) is 33.6 Å². The molecule has 1 aromatic rings. The predicted octanol–water partition coefficient (Wildman–Crippen LogP) is 1.97. The molecule has 2 heterocycles. The first-order valence-electron chi connectivity index (χ1n) is 8.52. The second kappa shape index (κ2) is 10.2. The molecule has 0 bridgehead atoms. The van der Waals surface area contributed by atoms with E-state index >= 15 is 0 Å². The van der Waals surface area contributed by atoms with Crippen molar-refractivity contribution in [1.82, 2.24) is 25.4 Å². The minimum atomic E-state index is -0.0342. The summed E-state index contributed by atoms with van der Waals surface area (Å²) in [7, 11) is 0. The van der Waals surface area contributed by atoms with Crippen LogP contribution in [0.2, 0.25) is 0 Å². The molecule has 138 valence electrons. The summed E-state index contributed by atoms with van der Waals surface area (Å²) in [5.74, 6) is 1.84. The van der Waals surface area contributed by atoms with E-state index in [2.05, 4.69) is 58.1 Å². The first-order chi connectivity index (χ1) is 11.0. The molecule has 1 aliphatic heterocycles. The van der Waals surface area contributed by atoms with Crippen LogP contribution in [0.4, 0.5) is 0 Å². The van der Waals surface area contributed by atoms with Gasteiger partial charge < -0.3 is 19.9 Å². The zero-order valence-corrected chi connectivity index (χ0v) is 17.5. The van der Waals surface area contributed by atoms with Gasteiger partial charge in [0.05, 0.1) is 12.6 Å². The molecule has 0 aliphatic carbocycles. The van der Waals surface area contributed by atoms with Crippen molar-refractivity contribution in [1.29, 1.82) is 0 Å². The number of nitrogens with one attached hydrogen (secondary N) is 2. The van der Waals surface area contributed by atoms with Crippen molar-refractivity contribution < 1.29 is 4.74 Å². The standard InChI is InChI=1S/C16H30N6O.HI/c1-5-14-21-19-12-22(14)9-8-17-15(20-16(2,3)4)18-11-13-7-6-10-23-13;/h12-13H,5-11H2,1-4H3,(H2,17,18,20);1H. The molecule has 0 aromatic carbocycles. The fourth-order valence-electron chi connectivity index (χ4n) is 2.51. The number of hydrogen-bond donors (Lipinski definition) is 2. The first kappa shape index (κ1) is 21.1. The highest BCUT2D eigenvalue weighted by Gasteiger charge is 2.16. The van der Waals surface area contributed by atoms with Gasteiger partial charge in [0.1, 0.15) is 12.2 Å². The van der Waals surface area contributed by atoms with Crippen LogP contribution in [-0.2, 0) is 17.7 Å². The summed E-state index contributed by atoms with van der Waals surface area (Å²) in [6, 6.07) is 0. The predicted molar refractivity (Wildman–Crippen MR) is 107 cm³/mol. The maximum atomic E-state index is 5.64. The lowest BCUT2D eigenvalue weighted by molar-refractivity contribution is 0.117. The van der Waals surface area contributed by atoms with E-state index in [1.54, 1.807) is 6.33 Å². The summed E-state index contributed by atoms with van der Waals surface area (Å²) in [5, 5.41) is 14.9. The lowest BCUT2D eigenvalue weighted by Gasteiger charge is -2.24. The van der Waals surface area contributed by atoms with Crippen molar-refractivity contribution in [3.8, 4) is 0 Å². The molecule has 0 radical (unpaired) electrons. The number of aliphatic imine (C=N–C) groups is 1. The monoisotopic (exact) mass is 450 g/mol. The molecule has 2 N–H and O–H groups in total. The Morgan fingerprint density at radius 1 is 1.46 bits per heavy atom. The first-order valence-corrected chi connectivity index (χ1v) is 8.52. The third-order valence-corrected chi connectivity index (χ3v) is 3.63. The van der Waals surface area contributed by atoms with E-state index in [-0.39, 0.29) is 35.6 Å². The lowest BCUT2D eigenvalue weighted by atomic mass is 10.1. The van der Waals surface area contributed by atoms with E-state index in [1.807, 2.05) is 0 Å². The summed E-state index contributed by atoms with van der Waals surface area (Å²) < 4.78 is 7.72. The van der Waals surface area contributed by atoms with Crippen LogP contribution in [0.25, 0.3) is 0 Å². The molecule has 1 fully saturated rings. The van der Waals surface area contributed by atoms with Crippen LogP contribution in [-0.4, -0.2) is 52.1 Å². The summed E-state index contributed by atoms with van der Waals surface area (Å²) in [4.78, 5) is 4.68. The summed E-state index contributed by atoms with van der Waals surface area (Å²) in [5.41, 5.74) is -0.0342.